The van der Waals surface area contributed by atoms with Crippen molar-refractivity contribution in [2.45, 2.75) is 26.7 Å². The number of rotatable bonds is 2. The van der Waals surface area contributed by atoms with Crippen molar-refractivity contribution in [1.82, 2.24) is 9.55 Å². The Hall–Kier alpha value is -1.58. The van der Waals surface area contributed by atoms with E-state index in [0.717, 1.165) is 24.4 Å². The van der Waals surface area contributed by atoms with Gasteiger partial charge < -0.3 is 9.30 Å². The monoisotopic (exact) mass is 220 g/mol. The van der Waals surface area contributed by atoms with Crippen molar-refractivity contribution in [3.8, 4) is 0 Å². The van der Waals surface area contributed by atoms with Crippen molar-refractivity contribution < 1.29 is 9.53 Å². The molecule has 16 heavy (non-hydrogen) atoms. The molecule has 1 aliphatic rings. The van der Waals surface area contributed by atoms with Gasteiger partial charge in [0.15, 0.2) is 5.69 Å². The SMILES string of the molecule is C=C1CC(C)Cc2nc(C(=O)OCC)cn21. The quantitative estimate of drug-likeness (QED) is 0.717. The molecular weight excluding hydrogens is 204 g/mol. The second-order valence-electron chi connectivity index (χ2n) is 4.21. The Kier molecular flexibility index (Phi) is 2.81. The highest BCUT2D eigenvalue weighted by atomic mass is 16.5. The molecule has 2 heterocycles. The topological polar surface area (TPSA) is 44.1 Å². The van der Waals surface area contributed by atoms with Gasteiger partial charge in [-0.3, -0.25) is 0 Å². The Labute approximate surface area is 94.9 Å². The number of hydrogen-bond donors (Lipinski definition) is 0. The number of fused-ring (bicyclic) bond motifs is 1. The summed E-state index contributed by atoms with van der Waals surface area (Å²) in [6, 6.07) is 0. The van der Waals surface area contributed by atoms with Crippen LogP contribution in [0.5, 0.6) is 0 Å². The molecule has 0 bridgehead atoms. The fourth-order valence-corrected chi connectivity index (χ4v) is 2.02. The normalized spacial score (nSPS) is 19.4. The Balaban J connectivity index is 2.30. The average Bonchev–Trinajstić information content (AvgIpc) is 2.62. The van der Waals surface area contributed by atoms with Crippen LogP contribution in [0.1, 0.15) is 36.6 Å². The summed E-state index contributed by atoms with van der Waals surface area (Å²) >= 11 is 0. The molecule has 4 nitrogen and oxygen atoms in total. The van der Waals surface area contributed by atoms with Gasteiger partial charge in [0.25, 0.3) is 0 Å². The maximum absolute atomic E-state index is 11.5. The summed E-state index contributed by atoms with van der Waals surface area (Å²) in [6.45, 7) is 8.32. The maximum atomic E-state index is 11.5. The fraction of sp³-hybridized carbons (Fsp3) is 0.500. The summed E-state index contributed by atoms with van der Waals surface area (Å²) in [7, 11) is 0. The molecule has 0 fully saturated rings. The van der Waals surface area contributed by atoms with Crippen LogP contribution in [0.25, 0.3) is 5.70 Å². The molecule has 0 amide bonds. The number of allylic oxidation sites excluding steroid dienone is 1. The van der Waals surface area contributed by atoms with Gasteiger partial charge in [0.05, 0.1) is 6.61 Å². The third-order valence-corrected chi connectivity index (χ3v) is 2.72. The molecule has 1 aromatic rings. The first-order chi connectivity index (χ1) is 7.61. The van der Waals surface area contributed by atoms with Crippen molar-refractivity contribution >= 4 is 11.7 Å². The minimum absolute atomic E-state index is 0.357. The molecule has 1 aliphatic heterocycles. The molecule has 0 spiro atoms. The van der Waals surface area contributed by atoms with Crippen LogP contribution < -0.4 is 0 Å². The number of aromatic nitrogens is 2. The number of imidazole rings is 1. The van der Waals surface area contributed by atoms with E-state index >= 15 is 0 Å². The van der Waals surface area contributed by atoms with Gasteiger partial charge in [-0.2, -0.15) is 0 Å². The lowest BCUT2D eigenvalue weighted by Crippen LogP contribution is -2.15. The van der Waals surface area contributed by atoms with Crippen molar-refractivity contribution in [2.24, 2.45) is 5.92 Å². The average molecular weight is 220 g/mol. The van der Waals surface area contributed by atoms with Crippen molar-refractivity contribution in [2.75, 3.05) is 6.61 Å². The molecular formula is C12H16N2O2. The van der Waals surface area contributed by atoms with E-state index in [1.54, 1.807) is 13.1 Å². The van der Waals surface area contributed by atoms with Gasteiger partial charge in [0.2, 0.25) is 0 Å². The highest BCUT2D eigenvalue weighted by molar-refractivity contribution is 5.87. The first-order valence-electron chi connectivity index (χ1n) is 5.55. The summed E-state index contributed by atoms with van der Waals surface area (Å²) in [5, 5.41) is 0. The minimum atomic E-state index is -0.357. The van der Waals surface area contributed by atoms with Crippen LogP contribution in [0.15, 0.2) is 12.8 Å². The molecule has 86 valence electrons. The van der Waals surface area contributed by atoms with Crippen LogP contribution in [-0.4, -0.2) is 22.1 Å². The number of ether oxygens (including phenoxy) is 1. The lowest BCUT2D eigenvalue weighted by Gasteiger charge is -2.21. The molecule has 0 aromatic carbocycles. The van der Waals surface area contributed by atoms with E-state index in [4.69, 9.17) is 4.74 Å². The predicted octanol–water partition coefficient (Wildman–Crippen LogP) is 2.11. The highest BCUT2D eigenvalue weighted by Crippen LogP contribution is 2.26. The molecule has 0 saturated carbocycles. The summed E-state index contributed by atoms with van der Waals surface area (Å²) in [5.74, 6) is 1.09. The zero-order valence-corrected chi connectivity index (χ0v) is 9.69. The summed E-state index contributed by atoms with van der Waals surface area (Å²) in [6.07, 6.45) is 3.56. The number of esters is 1. The van der Waals surface area contributed by atoms with Gasteiger partial charge in [-0.1, -0.05) is 13.5 Å². The van der Waals surface area contributed by atoms with Gasteiger partial charge in [-0.15, -0.1) is 0 Å². The first kappa shape index (κ1) is 10.9. The second kappa shape index (κ2) is 4.12. The summed E-state index contributed by atoms with van der Waals surface area (Å²) in [5.41, 5.74) is 1.38. The zero-order valence-electron chi connectivity index (χ0n) is 9.69. The molecule has 0 saturated heterocycles. The van der Waals surface area contributed by atoms with Crippen molar-refractivity contribution in [1.29, 1.82) is 0 Å². The lowest BCUT2D eigenvalue weighted by molar-refractivity contribution is 0.0520. The maximum Gasteiger partial charge on any atom is 0.358 e. The molecule has 4 heteroatoms. The van der Waals surface area contributed by atoms with Crippen LogP contribution in [0.2, 0.25) is 0 Å². The standard InChI is InChI=1S/C12H16N2O2/c1-4-16-12(15)10-7-14-9(3)5-8(2)6-11(14)13-10/h7-8H,3-6H2,1-2H3. The van der Waals surface area contributed by atoms with E-state index in [-0.39, 0.29) is 5.97 Å². The molecule has 1 atom stereocenters. The number of nitrogens with zero attached hydrogens (tertiary/aromatic N) is 2. The van der Waals surface area contributed by atoms with Gasteiger partial charge in [-0.25, -0.2) is 9.78 Å². The van der Waals surface area contributed by atoms with Gasteiger partial charge in [0.1, 0.15) is 5.82 Å². The van der Waals surface area contributed by atoms with E-state index in [1.807, 2.05) is 4.57 Å². The van der Waals surface area contributed by atoms with E-state index in [0.29, 0.717) is 18.2 Å². The molecule has 0 radical (unpaired) electrons. The van der Waals surface area contributed by atoms with Crippen LogP contribution in [-0.2, 0) is 11.2 Å². The van der Waals surface area contributed by atoms with E-state index in [9.17, 15) is 4.79 Å². The Morgan fingerprint density at radius 3 is 3.12 bits per heavy atom. The fourth-order valence-electron chi connectivity index (χ4n) is 2.02. The number of hydrogen-bond acceptors (Lipinski definition) is 3. The van der Waals surface area contributed by atoms with Crippen molar-refractivity contribution in [3.63, 3.8) is 0 Å². The van der Waals surface area contributed by atoms with Gasteiger partial charge >= 0.3 is 5.97 Å². The van der Waals surface area contributed by atoms with Crippen LogP contribution in [0, 0.1) is 5.92 Å². The minimum Gasteiger partial charge on any atom is -0.461 e. The third-order valence-electron chi connectivity index (χ3n) is 2.72. The Morgan fingerprint density at radius 1 is 1.69 bits per heavy atom. The van der Waals surface area contributed by atoms with Crippen LogP contribution in [0.4, 0.5) is 0 Å². The van der Waals surface area contributed by atoms with Gasteiger partial charge in [0, 0.05) is 18.3 Å². The Bertz CT molecular complexity index is 434. The second-order valence-corrected chi connectivity index (χ2v) is 4.21. The molecule has 1 unspecified atom stereocenters. The smallest absolute Gasteiger partial charge is 0.358 e. The van der Waals surface area contributed by atoms with Crippen molar-refractivity contribution in [3.05, 3.63) is 24.3 Å². The lowest BCUT2D eigenvalue weighted by atomic mass is 9.98. The zero-order chi connectivity index (χ0) is 11.7. The van der Waals surface area contributed by atoms with Crippen LogP contribution >= 0.6 is 0 Å². The third kappa shape index (κ3) is 1.87. The van der Waals surface area contributed by atoms with E-state index < -0.39 is 0 Å². The summed E-state index contributed by atoms with van der Waals surface area (Å²) < 4.78 is 6.83. The molecule has 0 N–H and O–H groups in total. The molecule has 1 aromatic heterocycles. The number of carbonyl (C=O) groups is 1. The molecule has 0 aliphatic carbocycles. The van der Waals surface area contributed by atoms with Crippen LogP contribution in [0.3, 0.4) is 0 Å². The van der Waals surface area contributed by atoms with E-state index in [1.165, 1.54) is 0 Å². The Morgan fingerprint density at radius 2 is 2.44 bits per heavy atom. The first-order valence-corrected chi connectivity index (χ1v) is 5.55. The predicted molar refractivity (Wildman–Crippen MR) is 61.0 cm³/mol. The molecule has 2 rings (SSSR count). The van der Waals surface area contributed by atoms with E-state index in [2.05, 4.69) is 18.5 Å². The summed E-state index contributed by atoms with van der Waals surface area (Å²) in [4.78, 5) is 15.8. The highest BCUT2D eigenvalue weighted by Gasteiger charge is 2.22. The number of carbonyl (C=O) groups excluding carboxylic acids is 1. The largest absolute Gasteiger partial charge is 0.461 e. The van der Waals surface area contributed by atoms with Gasteiger partial charge in [-0.05, 0) is 19.3 Å².